The molecule has 2 aliphatic rings. The molecule has 0 unspecified atom stereocenters. The van der Waals surface area contributed by atoms with Crippen LogP contribution in [-0.2, 0) is 4.79 Å². The van der Waals surface area contributed by atoms with E-state index in [0.29, 0.717) is 24.9 Å². The number of hydrogen-bond donors (Lipinski definition) is 0. The standard InChI is InChI=1S/C21H23NO3S/c23-21(15-26-18-6-7-19-20(14-18)25-13-12-24-19)22-10-8-17(9-11-22)16-4-2-1-3-5-16/h1-7,14,17H,8-13,15H2. The van der Waals surface area contributed by atoms with E-state index in [-0.39, 0.29) is 5.91 Å². The molecule has 2 heterocycles. The smallest absolute Gasteiger partial charge is 0.232 e. The van der Waals surface area contributed by atoms with Gasteiger partial charge in [0, 0.05) is 18.0 Å². The summed E-state index contributed by atoms with van der Waals surface area (Å²) in [6, 6.07) is 16.5. The number of benzene rings is 2. The van der Waals surface area contributed by atoms with Crippen molar-refractivity contribution in [1.82, 2.24) is 4.90 Å². The van der Waals surface area contributed by atoms with Gasteiger partial charge in [-0.05, 0) is 42.5 Å². The molecule has 0 N–H and O–H groups in total. The van der Waals surface area contributed by atoms with Gasteiger partial charge in [0.15, 0.2) is 11.5 Å². The van der Waals surface area contributed by atoms with Crippen LogP contribution < -0.4 is 9.47 Å². The van der Waals surface area contributed by atoms with E-state index in [1.54, 1.807) is 11.8 Å². The monoisotopic (exact) mass is 369 g/mol. The third kappa shape index (κ3) is 3.98. The maximum Gasteiger partial charge on any atom is 0.232 e. The van der Waals surface area contributed by atoms with Gasteiger partial charge in [-0.25, -0.2) is 0 Å². The molecule has 26 heavy (non-hydrogen) atoms. The molecule has 0 aromatic heterocycles. The number of nitrogens with zero attached hydrogens (tertiary/aromatic N) is 1. The first kappa shape index (κ1) is 17.3. The van der Waals surface area contributed by atoms with Gasteiger partial charge in [0.2, 0.25) is 5.91 Å². The lowest BCUT2D eigenvalue weighted by Crippen LogP contribution is -2.38. The lowest BCUT2D eigenvalue weighted by atomic mass is 9.89. The highest BCUT2D eigenvalue weighted by Crippen LogP contribution is 2.34. The Kier molecular flexibility index (Phi) is 5.34. The molecule has 1 fully saturated rings. The molecular formula is C21H23NO3S. The van der Waals surface area contributed by atoms with Crippen LogP contribution in [0.15, 0.2) is 53.4 Å². The summed E-state index contributed by atoms with van der Waals surface area (Å²) in [6.07, 6.45) is 2.09. The van der Waals surface area contributed by atoms with Crippen molar-refractivity contribution in [3.8, 4) is 11.5 Å². The van der Waals surface area contributed by atoms with E-state index in [2.05, 4.69) is 30.3 Å². The first-order chi connectivity index (χ1) is 12.8. The van der Waals surface area contributed by atoms with Crippen molar-refractivity contribution in [1.29, 1.82) is 0 Å². The molecule has 0 atom stereocenters. The van der Waals surface area contributed by atoms with Crippen LogP contribution >= 0.6 is 11.8 Å². The summed E-state index contributed by atoms with van der Waals surface area (Å²) in [5, 5.41) is 0. The molecule has 2 aromatic rings. The molecule has 0 aliphatic carbocycles. The number of rotatable bonds is 4. The minimum absolute atomic E-state index is 0.219. The molecule has 5 heteroatoms. The number of carbonyl (C=O) groups excluding carboxylic acids is 1. The summed E-state index contributed by atoms with van der Waals surface area (Å²) >= 11 is 1.57. The lowest BCUT2D eigenvalue weighted by Gasteiger charge is -2.32. The summed E-state index contributed by atoms with van der Waals surface area (Å²) in [5.41, 5.74) is 1.39. The van der Waals surface area contributed by atoms with Gasteiger partial charge >= 0.3 is 0 Å². The Morgan fingerprint density at radius 3 is 2.50 bits per heavy atom. The third-order valence-electron chi connectivity index (χ3n) is 4.99. The molecule has 2 aromatic carbocycles. The molecule has 2 aliphatic heterocycles. The molecule has 1 saturated heterocycles. The second-order valence-corrected chi connectivity index (χ2v) is 7.71. The van der Waals surface area contributed by atoms with E-state index in [4.69, 9.17) is 9.47 Å². The topological polar surface area (TPSA) is 38.8 Å². The van der Waals surface area contributed by atoms with E-state index in [9.17, 15) is 4.79 Å². The van der Waals surface area contributed by atoms with Gasteiger partial charge in [0.1, 0.15) is 13.2 Å². The first-order valence-corrected chi connectivity index (χ1v) is 10.1. The molecule has 136 valence electrons. The van der Waals surface area contributed by atoms with Gasteiger partial charge in [-0.2, -0.15) is 0 Å². The molecule has 0 spiro atoms. The van der Waals surface area contributed by atoms with Gasteiger partial charge in [0.25, 0.3) is 0 Å². The highest BCUT2D eigenvalue weighted by atomic mass is 32.2. The van der Waals surface area contributed by atoms with Crippen molar-refractivity contribution in [3.05, 3.63) is 54.1 Å². The van der Waals surface area contributed by atoms with E-state index in [0.717, 1.165) is 42.3 Å². The number of fused-ring (bicyclic) bond motifs is 1. The minimum atomic E-state index is 0.219. The Bertz CT molecular complexity index is 757. The van der Waals surface area contributed by atoms with Crippen LogP contribution in [0.25, 0.3) is 0 Å². The van der Waals surface area contributed by atoms with Crippen molar-refractivity contribution in [2.45, 2.75) is 23.7 Å². The number of hydrogen-bond acceptors (Lipinski definition) is 4. The zero-order valence-electron chi connectivity index (χ0n) is 14.7. The van der Waals surface area contributed by atoms with Crippen molar-refractivity contribution >= 4 is 17.7 Å². The predicted octanol–water partition coefficient (Wildman–Crippen LogP) is 3.96. The van der Waals surface area contributed by atoms with Gasteiger partial charge in [-0.1, -0.05) is 30.3 Å². The zero-order chi connectivity index (χ0) is 17.8. The van der Waals surface area contributed by atoms with Crippen LogP contribution in [0.5, 0.6) is 11.5 Å². The largest absolute Gasteiger partial charge is 0.486 e. The molecule has 1 amide bonds. The summed E-state index contributed by atoms with van der Waals surface area (Å²) < 4.78 is 11.1. The van der Waals surface area contributed by atoms with Crippen LogP contribution in [0.2, 0.25) is 0 Å². The highest BCUT2D eigenvalue weighted by Gasteiger charge is 2.23. The molecule has 4 nitrogen and oxygen atoms in total. The summed E-state index contributed by atoms with van der Waals surface area (Å²) in [4.78, 5) is 15.6. The summed E-state index contributed by atoms with van der Waals surface area (Å²) in [5.74, 6) is 2.82. The molecule has 0 bridgehead atoms. The van der Waals surface area contributed by atoms with E-state index in [1.165, 1.54) is 5.56 Å². The van der Waals surface area contributed by atoms with Crippen molar-refractivity contribution in [3.63, 3.8) is 0 Å². The molecule has 0 saturated carbocycles. The van der Waals surface area contributed by atoms with Crippen molar-refractivity contribution in [2.75, 3.05) is 32.1 Å². The molecular weight excluding hydrogens is 346 g/mol. The van der Waals surface area contributed by atoms with Crippen molar-refractivity contribution < 1.29 is 14.3 Å². The first-order valence-electron chi connectivity index (χ1n) is 9.15. The second kappa shape index (κ2) is 8.04. The summed E-state index contributed by atoms with van der Waals surface area (Å²) in [6.45, 7) is 2.87. The Morgan fingerprint density at radius 1 is 1.00 bits per heavy atom. The van der Waals surface area contributed by atoms with Crippen LogP contribution in [0.4, 0.5) is 0 Å². The van der Waals surface area contributed by atoms with Gasteiger partial charge < -0.3 is 14.4 Å². The Hall–Kier alpha value is -2.14. The normalized spacial score (nSPS) is 17.2. The maximum absolute atomic E-state index is 12.6. The Balaban J connectivity index is 1.28. The molecule has 4 rings (SSSR count). The van der Waals surface area contributed by atoms with Gasteiger partial charge in [-0.15, -0.1) is 11.8 Å². The van der Waals surface area contributed by atoms with Gasteiger partial charge in [-0.3, -0.25) is 4.79 Å². The number of piperidine rings is 1. The SMILES string of the molecule is O=C(CSc1ccc2c(c1)OCCO2)N1CCC(c2ccccc2)CC1. The second-order valence-electron chi connectivity index (χ2n) is 6.66. The van der Waals surface area contributed by atoms with Crippen molar-refractivity contribution in [2.24, 2.45) is 0 Å². The predicted molar refractivity (Wildman–Crippen MR) is 103 cm³/mol. The number of thioether (sulfide) groups is 1. The molecule has 0 radical (unpaired) electrons. The quantitative estimate of drug-likeness (QED) is 0.765. The minimum Gasteiger partial charge on any atom is -0.486 e. The number of likely N-dealkylation sites (tertiary alicyclic amines) is 1. The van der Waals surface area contributed by atoms with E-state index >= 15 is 0 Å². The van der Waals surface area contributed by atoms with Crippen LogP contribution in [0.3, 0.4) is 0 Å². The Labute approximate surface area is 158 Å². The van der Waals surface area contributed by atoms with E-state index in [1.807, 2.05) is 23.1 Å². The number of amides is 1. The fourth-order valence-electron chi connectivity index (χ4n) is 3.54. The van der Waals surface area contributed by atoms with Crippen LogP contribution in [0.1, 0.15) is 24.3 Å². The maximum atomic E-state index is 12.6. The average molecular weight is 369 g/mol. The van der Waals surface area contributed by atoms with E-state index < -0.39 is 0 Å². The highest BCUT2D eigenvalue weighted by molar-refractivity contribution is 8.00. The Morgan fingerprint density at radius 2 is 1.73 bits per heavy atom. The van der Waals surface area contributed by atoms with Crippen LogP contribution in [0, 0.1) is 0 Å². The fraction of sp³-hybridized carbons (Fsp3) is 0.381. The number of carbonyl (C=O) groups is 1. The number of ether oxygens (including phenoxy) is 2. The summed E-state index contributed by atoms with van der Waals surface area (Å²) in [7, 11) is 0. The van der Waals surface area contributed by atoms with Gasteiger partial charge in [0.05, 0.1) is 5.75 Å². The zero-order valence-corrected chi connectivity index (χ0v) is 15.5. The van der Waals surface area contributed by atoms with Crippen LogP contribution in [-0.4, -0.2) is 42.9 Å². The average Bonchev–Trinajstić information content (AvgIpc) is 2.72. The fourth-order valence-corrected chi connectivity index (χ4v) is 4.36. The third-order valence-corrected chi connectivity index (χ3v) is 5.97. The lowest BCUT2D eigenvalue weighted by molar-refractivity contribution is -0.129.